The van der Waals surface area contributed by atoms with Crippen molar-refractivity contribution in [3.63, 3.8) is 0 Å². The number of likely N-dealkylation sites (tertiary alicyclic amines) is 1. The fraction of sp³-hybridized carbons (Fsp3) is 0.824. The first-order valence-electron chi connectivity index (χ1n) is 8.26. The maximum absolute atomic E-state index is 12.6. The molecule has 1 fully saturated rings. The van der Waals surface area contributed by atoms with Crippen molar-refractivity contribution < 1.29 is 14.6 Å². The van der Waals surface area contributed by atoms with Gasteiger partial charge in [-0.1, -0.05) is 20.3 Å². The summed E-state index contributed by atoms with van der Waals surface area (Å²) in [6.45, 7) is 11.0. The summed E-state index contributed by atoms with van der Waals surface area (Å²) in [7, 11) is 0. The van der Waals surface area contributed by atoms with Crippen LogP contribution in [0.15, 0.2) is 12.0 Å². The van der Waals surface area contributed by atoms with Gasteiger partial charge in [0.25, 0.3) is 0 Å². The molecular formula is C17H30N2O3. The number of carbonyl (C=O) groups excluding carboxylic acids is 1. The second kappa shape index (κ2) is 6.20. The Balaban J connectivity index is 1.96. The van der Waals surface area contributed by atoms with Crippen LogP contribution in [0.25, 0.3) is 0 Å². The SMILES string of the molecule is CC1CCCCN1C(C)(C)C(=O)NC1=CC(C(C)(C)CO)O1. The number of ether oxygens (including phenoxy) is 1. The number of hydrogen-bond acceptors (Lipinski definition) is 4. The summed E-state index contributed by atoms with van der Waals surface area (Å²) < 4.78 is 5.63. The average Bonchev–Trinajstić information content (AvgIpc) is 2.42. The van der Waals surface area contributed by atoms with Crippen LogP contribution in [0.2, 0.25) is 0 Å². The predicted molar refractivity (Wildman–Crippen MR) is 86.1 cm³/mol. The summed E-state index contributed by atoms with van der Waals surface area (Å²) in [5, 5.41) is 12.2. The second-order valence-electron chi connectivity index (χ2n) is 7.77. The van der Waals surface area contributed by atoms with Crippen LogP contribution in [-0.2, 0) is 9.53 Å². The summed E-state index contributed by atoms with van der Waals surface area (Å²) in [5.41, 5.74) is -0.882. The molecule has 22 heavy (non-hydrogen) atoms. The maximum Gasteiger partial charge on any atom is 0.246 e. The minimum Gasteiger partial charge on any atom is -0.471 e. The molecule has 2 unspecified atom stereocenters. The first-order valence-corrected chi connectivity index (χ1v) is 8.26. The molecule has 126 valence electrons. The number of nitrogens with zero attached hydrogens (tertiary/aromatic N) is 1. The maximum atomic E-state index is 12.6. The van der Waals surface area contributed by atoms with Gasteiger partial charge in [-0.15, -0.1) is 0 Å². The Labute approximate surface area is 133 Å². The number of amides is 1. The molecule has 2 atom stereocenters. The molecule has 0 aromatic carbocycles. The van der Waals surface area contributed by atoms with Crippen LogP contribution in [0.3, 0.4) is 0 Å². The molecule has 2 N–H and O–H groups in total. The summed E-state index contributed by atoms with van der Waals surface area (Å²) in [5.74, 6) is 0.474. The molecule has 5 nitrogen and oxygen atoms in total. The first-order chi connectivity index (χ1) is 10.2. The van der Waals surface area contributed by atoms with Gasteiger partial charge < -0.3 is 9.84 Å². The van der Waals surface area contributed by atoms with E-state index in [2.05, 4.69) is 17.1 Å². The molecule has 0 bridgehead atoms. The quantitative estimate of drug-likeness (QED) is 0.815. The monoisotopic (exact) mass is 310 g/mol. The third-order valence-electron chi connectivity index (χ3n) is 5.05. The number of hydrogen-bond donors (Lipinski definition) is 2. The number of piperidine rings is 1. The molecule has 2 aliphatic heterocycles. The van der Waals surface area contributed by atoms with E-state index < -0.39 is 5.54 Å². The lowest BCUT2D eigenvalue weighted by molar-refractivity contribution is -0.135. The Bertz CT molecular complexity index is 457. The van der Waals surface area contributed by atoms with Gasteiger partial charge in [-0.3, -0.25) is 15.0 Å². The summed E-state index contributed by atoms with van der Waals surface area (Å²) >= 11 is 0. The van der Waals surface area contributed by atoms with Gasteiger partial charge in [0.15, 0.2) is 5.88 Å². The Morgan fingerprint density at radius 2 is 2.05 bits per heavy atom. The highest BCUT2D eigenvalue weighted by molar-refractivity contribution is 5.86. The van der Waals surface area contributed by atoms with E-state index in [0.29, 0.717) is 11.9 Å². The molecule has 0 aromatic heterocycles. The van der Waals surface area contributed by atoms with Gasteiger partial charge in [0.05, 0.1) is 12.1 Å². The number of nitrogens with one attached hydrogen (secondary N) is 1. The smallest absolute Gasteiger partial charge is 0.246 e. The highest BCUT2D eigenvalue weighted by atomic mass is 16.5. The third-order valence-corrected chi connectivity index (χ3v) is 5.05. The molecule has 2 rings (SSSR count). The second-order valence-corrected chi connectivity index (χ2v) is 7.77. The van der Waals surface area contributed by atoms with Crippen molar-refractivity contribution in [1.29, 1.82) is 0 Å². The van der Waals surface area contributed by atoms with Crippen molar-refractivity contribution in [3.05, 3.63) is 12.0 Å². The minimum absolute atomic E-state index is 0.0345. The Morgan fingerprint density at radius 1 is 1.41 bits per heavy atom. The predicted octanol–water partition coefficient (Wildman–Crippen LogP) is 2.01. The normalized spacial score (nSPS) is 26.7. The van der Waals surface area contributed by atoms with Crippen LogP contribution in [0.1, 0.15) is 53.9 Å². The Kier molecular flexibility index (Phi) is 4.87. The van der Waals surface area contributed by atoms with Crippen molar-refractivity contribution in [2.75, 3.05) is 13.2 Å². The molecule has 1 saturated heterocycles. The lowest BCUT2D eigenvalue weighted by atomic mass is 9.85. The van der Waals surface area contributed by atoms with Crippen molar-refractivity contribution in [1.82, 2.24) is 10.2 Å². The first kappa shape index (κ1) is 17.3. The lowest BCUT2D eigenvalue weighted by Gasteiger charge is -2.45. The van der Waals surface area contributed by atoms with Crippen LogP contribution >= 0.6 is 0 Å². The molecule has 0 aromatic rings. The summed E-state index contributed by atoms with van der Waals surface area (Å²) in [4.78, 5) is 14.9. The third kappa shape index (κ3) is 3.30. The fourth-order valence-electron chi connectivity index (χ4n) is 3.15. The van der Waals surface area contributed by atoms with Gasteiger partial charge in [-0.2, -0.15) is 0 Å². The number of rotatable bonds is 5. The fourth-order valence-corrected chi connectivity index (χ4v) is 3.15. The molecular weight excluding hydrogens is 280 g/mol. The molecule has 2 aliphatic rings. The summed E-state index contributed by atoms with van der Waals surface area (Å²) in [6.07, 6.45) is 5.26. The largest absolute Gasteiger partial charge is 0.471 e. The Hall–Kier alpha value is -1.07. The van der Waals surface area contributed by atoms with Crippen molar-refractivity contribution in [2.45, 2.75) is 71.6 Å². The van der Waals surface area contributed by atoms with Gasteiger partial charge in [0, 0.05) is 17.5 Å². The molecule has 0 saturated carbocycles. The molecule has 2 heterocycles. The molecule has 0 spiro atoms. The van der Waals surface area contributed by atoms with Crippen LogP contribution in [-0.4, -0.2) is 46.7 Å². The van der Waals surface area contributed by atoms with E-state index in [1.54, 1.807) is 0 Å². The number of carbonyl (C=O) groups is 1. The van der Waals surface area contributed by atoms with Crippen LogP contribution in [0.4, 0.5) is 0 Å². The zero-order chi connectivity index (χ0) is 16.5. The van der Waals surface area contributed by atoms with Gasteiger partial charge in [-0.05, 0) is 40.2 Å². The highest BCUT2D eigenvalue weighted by Crippen LogP contribution is 2.32. The van der Waals surface area contributed by atoms with E-state index in [9.17, 15) is 9.90 Å². The zero-order valence-electron chi connectivity index (χ0n) is 14.5. The van der Waals surface area contributed by atoms with Crippen molar-refractivity contribution >= 4 is 5.91 Å². The van der Waals surface area contributed by atoms with Crippen molar-refractivity contribution in [3.8, 4) is 0 Å². The Morgan fingerprint density at radius 3 is 2.59 bits per heavy atom. The van der Waals surface area contributed by atoms with E-state index in [4.69, 9.17) is 4.74 Å². The van der Waals surface area contributed by atoms with Gasteiger partial charge >= 0.3 is 0 Å². The van der Waals surface area contributed by atoms with E-state index in [0.717, 1.165) is 19.4 Å². The summed E-state index contributed by atoms with van der Waals surface area (Å²) in [6, 6.07) is 0.423. The zero-order valence-corrected chi connectivity index (χ0v) is 14.5. The van der Waals surface area contributed by atoms with E-state index in [-0.39, 0.29) is 24.0 Å². The molecule has 0 aliphatic carbocycles. The van der Waals surface area contributed by atoms with E-state index in [1.807, 2.05) is 33.8 Å². The van der Waals surface area contributed by atoms with Gasteiger partial charge in [-0.25, -0.2) is 0 Å². The molecule has 5 heteroatoms. The minimum atomic E-state index is -0.554. The highest BCUT2D eigenvalue weighted by Gasteiger charge is 2.41. The van der Waals surface area contributed by atoms with E-state index in [1.165, 1.54) is 6.42 Å². The van der Waals surface area contributed by atoms with Crippen LogP contribution < -0.4 is 5.32 Å². The van der Waals surface area contributed by atoms with Gasteiger partial charge in [0.2, 0.25) is 5.91 Å². The van der Waals surface area contributed by atoms with Crippen molar-refractivity contribution in [2.24, 2.45) is 5.41 Å². The van der Waals surface area contributed by atoms with Crippen LogP contribution in [0, 0.1) is 5.41 Å². The number of aliphatic hydroxyl groups excluding tert-OH is 1. The number of aliphatic hydroxyl groups is 1. The molecule has 1 amide bonds. The van der Waals surface area contributed by atoms with Crippen LogP contribution in [0.5, 0.6) is 0 Å². The lowest BCUT2D eigenvalue weighted by Crippen LogP contribution is -2.59. The topological polar surface area (TPSA) is 61.8 Å². The van der Waals surface area contributed by atoms with E-state index >= 15 is 0 Å². The average molecular weight is 310 g/mol. The van der Waals surface area contributed by atoms with Gasteiger partial charge in [0.1, 0.15) is 6.10 Å². The molecule has 0 radical (unpaired) electrons. The standard InChI is InChI=1S/C17H30N2O3/c1-12-8-6-7-9-19(12)17(4,5)15(21)18-14-10-13(22-14)16(2,3)11-20/h10,12-13,20H,6-9,11H2,1-5H3,(H,18,21).